The summed E-state index contributed by atoms with van der Waals surface area (Å²) in [4.78, 5) is 22.6. The number of non-ortho nitro benzene ring substituents is 1. The zero-order valence-corrected chi connectivity index (χ0v) is 11.9. The van der Waals surface area contributed by atoms with Crippen LogP contribution in [0.3, 0.4) is 0 Å². The van der Waals surface area contributed by atoms with Gasteiger partial charge in [-0.3, -0.25) is 14.9 Å². The van der Waals surface area contributed by atoms with E-state index in [0.29, 0.717) is 20.7 Å². The Bertz CT molecular complexity index is 874. The third kappa shape index (κ3) is 2.66. The molecule has 22 heavy (non-hydrogen) atoms. The molecule has 3 aromatic rings. The number of carbonyl (C=O) groups excluding carboxylic acids is 1. The normalized spacial score (nSPS) is 10.6. The van der Waals surface area contributed by atoms with Crippen molar-refractivity contribution >= 4 is 38.7 Å². The lowest BCUT2D eigenvalue weighted by Crippen LogP contribution is -2.09. The second-order valence-corrected chi connectivity index (χ2v) is 5.60. The number of hydrogen-bond acceptors (Lipinski definition) is 4. The monoisotopic (exact) mass is 316 g/mol. The average Bonchev–Trinajstić information content (AvgIpc) is 2.93. The maximum atomic E-state index is 13.6. The first-order chi connectivity index (χ1) is 10.5. The zero-order chi connectivity index (χ0) is 15.7. The quantitative estimate of drug-likeness (QED) is 0.581. The molecule has 110 valence electrons. The molecule has 0 aliphatic rings. The number of nitrogens with zero attached hydrogens (tertiary/aromatic N) is 1. The summed E-state index contributed by atoms with van der Waals surface area (Å²) in [5.74, 6) is -0.752. The summed E-state index contributed by atoms with van der Waals surface area (Å²) in [7, 11) is 0. The van der Waals surface area contributed by atoms with Crippen LogP contribution in [0.1, 0.15) is 9.67 Å². The molecule has 0 atom stereocenters. The van der Waals surface area contributed by atoms with Crippen molar-refractivity contribution in [2.75, 3.05) is 5.32 Å². The molecule has 1 aromatic heterocycles. The van der Waals surface area contributed by atoms with E-state index in [9.17, 15) is 19.3 Å². The third-order valence-electron chi connectivity index (χ3n) is 3.07. The molecule has 7 heteroatoms. The van der Waals surface area contributed by atoms with Crippen LogP contribution in [0.5, 0.6) is 0 Å². The van der Waals surface area contributed by atoms with Crippen molar-refractivity contribution in [3.05, 3.63) is 69.3 Å². The molecule has 0 saturated heterocycles. The Morgan fingerprint density at radius 1 is 1.18 bits per heavy atom. The van der Waals surface area contributed by atoms with Gasteiger partial charge in [0.15, 0.2) is 0 Å². The molecule has 2 aromatic carbocycles. The Morgan fingerprint density at radius 3 is 2.55 bits per heavy atom. The number of fused-ring (bicyclic) bond motifs is 1. The minimum Gasteiger partial charge on any atom is -0.321 e. The highest BCUT2D eigenvalue weighted by Gasteiger charge is 2.13. The Labute approximate surface area is 128 Å². The minimum absolute atomic E-state index is 0.0538. The van der Waals surface area contributed by atoms with Crippen LogP contribution in [-0.4, -0.2) is 10.8 Å². The van der Waals surface area contributed by atoms with Crippen LogP contribution in [0.15, 0.2) is 48.5 Å². The van der Waals surface area contributed by atoms with Crippen molar-refractivity contribution in [1.29, 1.82) is 0 Å². The minimum atomic E-state index is -0.514. The maximum Gasteiger partial charge on any atom is 0.269 e. The fraction of sp³-hybridized carbons (Fsp3) is 0. The molecule has 1 heterocycles. The molecule has 1 amide bonds. The lowest BCUT2D eigenvalue weighted by atomic mass is 10.2. The number of nitrogens with one attached hydrogen (secondary N) is 1. The fourth-order valence-electron chi connectivity index (χ4n) is 2.00. The zero-order valence-electron chi connectivity index (χ0n) is 11.1. The van der Waals surface area contributed by atoms with E-state index in [1.54, 1.807) is 12.1 Å². The first-order valence-electron chi connectivity index (χ1n) is 6.28. The van der Waals surface area contributed by atoms with Gasteiger partial charge in [-0.2, -0.15) is 0 Å². The van der Waals surface area contributed by atoms with Crippen LogP contribution in [0.25, 0.3) is 10.1 Å². The summed E-state index contributed by atoms with van der Waals surface area (Å²) in [6, 6.07) is 11.7. The topological polar surface area (TPSA) is 72.2 Å². The van der Waals surface area contributed by atoms with Crippen molar-refractivity contribution in [2.24, 2.45) is 0 Å². The third-order valence-corrected chi connectivity index (χ3v) is 4.17. The van der Waals surface area contributed by atoms with Gasteiger partial charge in [0.05, 0.1) is 9.80 Å². The standard InChI is InChI=1S/C15H9FN2O3S/c16-12-2-1-3-13-11(12)8-14(22-13)15(19)17-9-4-6-10(7-5-9)18(20)21/h1-8H,(H,17,19). The van der Waals surface area contributed by atoms with E-state index in [1.165, 1.54) is 47.7 Å². The molecule has 1 N–H and O–H groups in total. The van der Waals surface area contributed by atoms with E-state index < -0.39 is 4.92 Å². The van der Waals surface area contributed by atoms with Gasteiger partial charge in [0, 0.05) is 27.9 Å². The predicted molar refractivity (Wildman–Crippen MR) is 82.8 cm³/mol. The highest BCUT2D eigenvalue weighted by atomic mass is 32.1. The number of hydrogen-bond donors (Lipinski definition) is 1. The highest BCUT2D eigenvalue weighted by Crippen LogP contribution is 2.28. The van der Waals surface area contributed by atoms with Crippen molar-refractivity contribution in [3.63, 3.8) is 0 Å². The van der Waals surface area contributed by atoms with Gasteiger partial charge in [-0.15, -0.1) is 11.3 Å². The van der Waals surface area contributed by atoms with Crippen LogP contribution >= 0.6 is 11.3 Å². The molecule has 0 bridgehead atoms. The number of amides is 1. The second kappa shape index (κ2) is 5.53. The molecule has 3 rings (SSSR count). The van der Waals surface area contributed by atoms with Gasteiger partial charge in [-0.05, 0) is 30.3 Å². The van der Waals surface area contributed by atoms with E-state index in [1.807, 2.05) is 0 Å². The lowest BCUT2D eigenvalue weighted by molar-refractivity contribution is -0.384. The van der Waals surface area contributed by atoms with Crippen molar-refractivity contribution in [1.82, 2.24) is 0 Å². The van der Waals surface area contributed by atoms with Gasteiger partial charge in [-0.1, -0.05) is 6.07 Å². The van der Waals surface area contributed by atoms with Crippen LogP contribution in [0.2, 0.25) is 0 Å². The number of rotatable bonds is 3. The number of benzene rings is 2. The highest BCUT2D eigenvalue weighted by molar-refractivity contribution is 7.20. The van der Waals surface area contributed by atoms with Gasteiger partial charge in [0.1, 0.15) is 5.82 Å². The Hall–Kier alpha value is -2.80. The van der Waals surface area contributed by atoms with Gasteiger partial charge < -0.3 is 5.32 Å². The van der Waals surface area contributed by atoms with E-state index >= 15 is 0 Å². The number of anilines is 1. The van der Waals surface area contributed by atoms with E-state index in [4.69, 9.17) is 0 Å². The smallest absolute Gasteiger partial charge is 0.269 e. The Morgan fingerprint density at radius 2 is 1.91 bits per heavy atom. The number of carbonyl (C=O) groups is 1. The molecule has 0 spiro atoms. The molecule has 5 nitrogen and oxygen atoms in total. The summed E-state index contributed by atoms with van der Waals surface area (Å²) in [6.45, 7) is 0. The molecular formula is C15H9FN2O3S. The maximum absolute atomic E-state index is 13.6. The van der Waals surface area contributed by atoms with E-state index in [0.717, 1.165) is 0 Å². The van der Waals surface area contributed by atoms with Crippen LogP contribution in [0.4, 0.5) is 15.8 Å². The summed E-state index contributed by atoms with van der Waals surface area (Å²) in [6.07, 6.45) is 0. The number of nitro groups is 1. The van der Waals surface area contributed by atoms with Crippen molar-refractivity contribution in [3.8, 4) is 0 Å². The van der Waals surface area contributed by atoms with Crippen molar-refractivity contribution in [2.45, 2.75) is 0 Å². The molecular weight excluding hydrogens is 307 g/mol. The SMILES string of the molecule is O=C(Nc1ccc([N+](=O)[O-])cc1)c1cc2c(F)cccc2s1. The molecule has 0 aliphatic heterocycles. The number of halogens is 1. The Balaban J connectivity index is 1.83. The van der Waals surface area contributed by atoms with Gasteiger partial charge >= 0.3 is 0 Å². The van der Waals surface area contributed by atoms with Gasteiger partial charge in [0.25, 0.3) is 11.6 Å². The van der Waals surface area contributed by atoms with Gasteiger partial charge in [-0.25, -0.2) is 4.39 Å². The summed E-state index contributed by atoms with van der Waals surface area (Å²) < 4.78 is 14.3. The molecule has 0 fully saturated rings. The van der Waals surface area contributed by atoms with Crippen molar-refractivity contribution < 1.29 is 14.1 Å². The van der Waals surface area contributed by atoms with E-state index in [-0.39, 0.29) is 17.4 Å². The second-order valence-electron chi connectivity index (χ2n) is 4.52. The molecule has 0 radical (unpaired) electrons. The summed E-state index contributed by atoms with van der Waals surface area (Å²) in [5.41, 5.74) is 0.385. The van der Waals surface area contributed by atoms with Crippen LogP contribution < -0.4 is 5.32 Å². The fourth-order valence-corrected chi connectivity index (χ4v) is 2.97. The average molecular weight is 316 g/mol. The first-order valence-corrected chi connectivity index (χ1v) is 7.10. The predicted octanol–water partition coefficient (Wildman–Crippen LogP) is 4.20. The van der Waals surface area contributed by atoms with Gasteiger partial charge in [0.2, 0.25) is 0 Å². The number of thiophene rings is 1. The number of nitro benzene ring substituents is 1. The molecule has 0 saturated carbocycles. The largest absolute Gasteiger partial charge is 0.321 e. The molecule has 0 aliphatic carbocycles. The van der Waals surface area contributed by atoms with Crippen LogP contribution in [0, 0.1) is 15.9 Å². The lowest BCUT2D eigenvalue weighted by Gasteiger charge is -2.02. The molecule has 0 unspecified atom stereocenters. The first kappa shape index (κ1) is 14.2. The Kier molecular flexibility index (Phi) is 3.56. The van der Waals surface area contributed by atoms with E-state index in [2.05, 4.69) is 5.32 Å². The summed E-state index contributed by atoms with van der Waals surface area (Å²) >= 11 is 1.19. The van der Waals surface area contributed by atoms with Crippen LogP contribution in [-0.2, 0) is 0 Å². The summed E-state index contributed by atoms with van der Waals surface area (Å²) in [5, 5.41) is 13.6.